The first-order chi connectivity index (χ1) is 12.1. The minimum Gasteiger partial charge on any atom is -0.497 e. The second-order valence-corrected chi connectivity index (χ2v) is 6.66. The van der Waals surface area contributed by atoms with E-state index >= 15 is 0 Å². The molecule has 2 aromatic rings. The maximum atomic E-state index is 5.59. The summed E-state index contributed by atoms with van der Waals surface area (Å²) in [6, 6.07) is 13.3. The number of benzene rings is 2. The van der Waals surface area contributed by atoms with Crippen LogP contribution < -0.4 is 19.5 Å². The summed E-state index contributed by atoms with van der Waals surface area (Å²) in [5, 5.41) is 3.76. The molecule has 2 atom stereocenters. The molecule has 0 aromatic heterocycles. The first kappa shape index (κ1) is 17.6. The van der Waals surface area contributed by atoms with Crippen LogP contribution in [-0.2, 0) is 19.3 Å². The molecule has 0 radical (unpaired) electrons. The van der Waals surface area contributed by atoms with Crippen molar-refractivity contribution in [1.82, 2.24) is 5.32 Å². The van der Waals surface area contributed by atoms with Gasteiger partial charge in [-0.05, 0) is 55.5 Å². The predicted molar refractivity (Wildman–Crippen MR) is 100 cm³/mol. The van der Waals surface area contributed by atoms with Crippen molar-refractivity contribution < 1.29 is 14.2 Å². The van der Waals surface area contributed by atoms with Gasteiger partial charge >= 0.3 is 0 Å². The fraction of sp³-hybridized carbons (Fsp3) is 0.429. The van der Waals surface area contributed by atoms with Crippen molar-refractivity contribution in [2.75, 3.05) is 21.3 Å². The Bertz CT molecular complexity index is 712. The quantitative estimate of drug-likeness (QED) is 0.838. The molecule has 4 heteroatoms. The number of rotatable bonds is 7. The predicted octanol–water partition coefficient (Wildman–Crippen LogP) is 3.40. The maximum Gasteiger partial charge on any atom is 0.164 e. The molecule has 0 saturated heterocycles. The Hall–Kier alpha value is -2.20. The van der Waals surface area contributed by atoms with Crippen LogP contribution in [0.3, 0.4) is 0 Å². The molecule has 0 saturated carbocycles. The van der Waals surface area contributed by atoms with Crippen molar-refractivity contribution in [3.05, 3.63) is 53.1 Å². The van der Waals surface area contributed by atoms with Crippen LogP contribution in [0.5, 0.6) is 17.2 Å². The van der Waals surface area contributed by atoms with Gasteiger partial charge in [0.1, 0.15) is 5.75 Å². The van der Waals surface area contributed by atoms with Crippen LogP contribution in [0.2, 0.25) is 0 Å². The van der Waals surface area contributed by atoms with Crippen molar-refractivity contribution in [2.45, 2.75) is 38.3 Å². The minimum atomic E-state index is 0.403. The van der Waals surface area contributed by atoms with Crippen LogP contribution in [0.15, 0.2) is 36.4 Å². The van der Waals surface area contributed by atoms with E-state index in [0.29, 0.717) is 12.1 Å². The summed E-state index contributed by atoms with van der Waals surface area (Å²) in [7, 11) is 5.09. The normalized spacial score (nSPS) is 17.0. The SMILES string of the molecule is COc1ccc(CC(C)NC2Cc3ccc(OC)c(OC)c3C2)cc1. The van der Waals surface area contributed by atoms with Gasteiger partial charge in [-0.2, -0.15) is 0 Å². The Morgan fingerprint density at radius 3 is 2.36 bits per heavy atom. The van der Waals surface area contributed by atoms with Crippen LogP contribution in [0.4, 0.5) is 0 Å². The second-order valence-electron chi connectivity index (χ2n) is 6.66. The standard InChI is InChI=1S/C21H27NO3/c1-14(11-15-5-8-18(23-2)9-6-15)22-17-12-16-7-10-20(24-3)21(25-4)19(16)13-17/h5-10,14,17,22H,11-13H2,1-4H3. The average Bonchev–Trinajstić information content (AvgIpc) is 3.03. The monoisotopic (exact) mass is 341 g/mol. The Labute approximate surface area is 150 Å². The molecule has 1 N–H and O–H groups in total. The lowest BCUT2D eigenvalue weighted by Gasteiger charge is -2.19. The molecular formula is C21H27NO3. The lowest BCUT2D eigenvalue weighted by atomic mass is 10.1. The second kappa shape index (κ2) is 7.79. The van der Waals surface area contributed by atoms with Gasteiger partial charge < -0.3 is 19.5 Å². The summed E-state index contributed by atoms with van der Waals surface area (Å²) in [6.45, 7) is 2.24. The lowest BCUT2D eigenvalue weighted by molar-refractivity contribution is 0.351. The number of hydrogen-bond donors (Lipinski definition) is 1. The maximum absolute atomic E-state index is 5.59. The highest BCUT2D eigenvalue weighted by molar-refractivity contribution is 5.53. The summed E-state index contributed by atoms with van der Waals surface area (Å²) in [4.78, 5) is 0. The summed E-state index contributed by atoms with van der Waals surface area (Å²) < 4.78 is 16.2. The lowest BCUT2D eigenvalue weighted by Crippen LogP contribution is -2.38. The van der Waals surface area contributed by atoms with E-state index in [2.05, 4.69) is 30.4 Å². The molecule has 1 aliphatic rings. The first-order valence-electron chi connectivity index (χ1n) is 8.76. The van der Waals surface area contributed by atoms with Crippen LogP contribution in [0.1, 0.15) is 23.6 Å². The van der Waals surface area contributed by atoms with E-state index < -0.39 is 0 Å². The topological polar surface area (TPSA) is 39.7 Å². The van der Waals surface area contributed by atoms with Gasteiger partial charge in [0.2, 0.25) is 0 Å². The number of ether oxygens (including phenoxy) is 3. The van der Waals surface area contributed by atoms with Gasteiger partial charge in [0, 0.05) is 17.6 Å². The molecule has 2 aromatic carbocycles. The molecule has 0 bridgehead atoms. The average molecular weight is 341 g/mol. The van der Waals surface area contributed by atoms with E-state index in [-0.39, 0.29) is 0 Å². The summed E-state index contributed by atoms with van der Waals surface area (Å²) in [5.41, 5.74) is 3.94. The zero-order valence-electron chi connectivity index (χ0n) is 15.5. The van der Waals surface area contributed by atoms with E-state index in [1.807, 2.05) is 18.2 Å². The molecule has 2 unspecified atom stereocenters. The molecule has 0 heterocycles. The first-order valence-corrected chi connectivity index (χ1v) is 8.76. The van der Waals surface area contributed by atoms with E-state index in [1.54, 1.807) is 21.3 Å². The van der Waals surface area contributed by atoms with E-state index in [0.717, 1.165) is 36.5 Å². The number of nitrogens with one attached hydrogen (secondary N) is 1. The third-order valence-electron chi connectivity index (χ3n) is 4.88. The third-order valence-corrected chi connectivity index (χ3v) is 4.88. The molecule has 3 rings (SSSR count). The summed E-state index contributed by atoms with van der Waals surface area (Å²) in [5.74, 6) is 2.59. The van der Waals surface area contributed by atoms with Crippen molar-refractivity contribution >= 4 is 0 Å². The van der Waals surface area contributed by atoms with E-state index in [4.69, 9.17) is 14.2 Å². The van der Waals surface area contributed by atoms with Gasteiger partial charge in [-0.25, -0.2) is 0 Å². The van der Waals surface area contributed by atoms with E-state index in [9.17, 15) is 0 Å². The fourth-order valence-electron chi connectivity index (χ4n) is 3.73. The minimum absolute atomic E-state index is 0.403. The van der Waals surface area contributed by atoms with Gasteiger partial charge in [0.05, 0.1) is 21.3 Å². The molecule has 134 valence electrons. The van der Waals surface area contributed by atoms with Crippen LogP contribution in [0, 0.1) is 0 Å². The Morgan fingerprint density at radius 1 is 0.960 bits per heavy atom. The molecule has 0 amide bonds. The number of hydrogen-bond acceptors (Lipinski definition) is 4. The largest absolute Gasteiger partial charge is 0.497 e. The Balaban J connectivity index is 1.62. The third kappa shape index (κ3) is 3.90. The molecule has 0 fully saturated rings. The van der Waals surface area contributed by atoms with Gasteiger partial charge in [0.15, 0.2) is 11.5 Å². The van der Waals surface area contributed by atoms with Crippen molar-refractivity contribution in [1.29, 1.82) is 0 Å². The number of methoxy groups -OCH3 is 3. The van der Waals surface area contributed by atoms with Crippen molar-refractivity contribution in [3.8, 4) is 17.2 Å². The Morgan fingerprint density at radius 2 is 1.72 bits per heavy atom. The van der Waals surface area contributed by atoms with Crippen molar-refractivity contribution in [3.63, 3.8) is 0 Å². The molecule has 0 spiro atoms. The Kier molecular flexibility index (Phi) is 5.49. The summed E-state index contributed by atoms with van der Waals surface area (Å²) in [6.07, 6.45) is 3.00. The van der Waals surface area contributed by atoms with Crippen molar-refractivity contribution in [2.24, 2.45) is 0 Å². The molecule has 4 nitrogen and oxygen atoms in total. The molecule has 0 aliphatic heterocycles. The highest BCUT2D eigenvalue weighted by Gasteiger charge is 2.27. The zero-order chi connectivity index (χ0) is 17.8. The zero-order valence-corrected chi connectivity index (χ0v) is 15.5. The summed E-state index contributed by atoms with van der Waals surface area (Å²) >= 11 is 0. The van der Waals surface area contributed by atoms with Gasteiger partial charge in [0.25, 0.3) is 0 Å². The van der Waals surface area contributed by atoms with Gasteiger partial charge in [-0.1, -0.05) is 18.2 Å². The molecule has 25 heavy (non-hydrogen) atoms. The van der Waals surface area contributed by atoms with Crippen LogP contribution >= 0.6 is 0 Å². The van der Waals surface area contributed by atoms with Crippen LogP contribution in [-0.4, -0.2) is 33.4 Å². The number of fused-ring (bicyclic) bond motifs is 1. The van der Waals surface area contributed by atoms with Crippen LogP contribution in [0.25, 0.3) is 0 Å². The van der Waals surface area contributed by atoms with Gasteiger partial charge in [-0.15, -0.1) is 0 Å². The molecule has 1 aliphatic carbocycles. The van der Waals surface area contributed by atoms with Gasteiger partial charge in [-0.3, -0.25) is 0 Å². The van der Waals surface area contributed by atoms with E-state index in [1.165, 1.54) is 16.7 Å². The highest BCUT2D eigenvalue weighted by atomic mass is 16.5. The molecular weight excluding hydrogens is 314 g/mol. The smallest absolute Gasteiger partial charge is 0.164 e. The highest BCUT2D eigenvalue weighted by Crippen LogP contribution is 2.38. The fourth-order valence-corrected chi connectivity index (χ4v) is 3.73.